The van der Waals surface area contributed by atoms with Gasteiger partial charge in [0.25, 0.3) is 0 Å². The Bertz CT molecular complexity index is 1230. The molecule has 4 aliphatic carbocycles. The standard InChI is InChI=1S/C25H38N2O.C16H27N.C2H4/c1-8-17-12-24-15-20(24)16(2)11-18(24)14-25(13-17,26-7)21-19(23(21,5)6)9-10-22(3,4)27-28;1-4-15(2)13-11-9-7-5-6-8-10-12-14-16(3)17;1-2/h11,13,15,18-19,21,26H,8-10,12,14H2,1-7H3;1H,2-3,5-14,17H2;1-2H2. The molecule has 1 fully saturated rings. The minimum atomic E-state index is -0.452. The van der Waals surface area contributed by atoms with Gasteiger partial charge in [-0.2, -0.15) is 4.91 Å². The van der Waals surface area contributed by atoms with Crippen molar-refractivity contribution in [3.8, 4) is 12.3 Å². The number of terminal acetylenes is 1. The van der Waals surface area contributed by atoms with E-state index in [4.69, 9.17) is 12.2 Å². The van der Waals surface area contributed by atoms with Crippen LogP contribution in [-0.2, 0) is 0 Å². The molecular weight excluding hydrogens is 574 g/mol. The zero-order chi connectivity index (χ0) is 35.5. The van der Waals surface area contributed by atoms with Crippen molar-refractivity contribution in [2.45, 2.75) is 149 Å². The highest BCUT2D eigenvalue weighted by molar-refractivity contribution is 5.61. The lowest BCUT2D eigenvalue weighted by Gasteiger charge is -2.36. The van der Waals surface area contributed by atoms with E-state index in [1.54, 1.807) is 11.1 Å². The molecule has 0 aromatic heterocycles. The van der Waals surface area contributed by atoms with Crippen LogP contribution in [0.15, 0.2) is 77.7 Å². The second kappa shape index (κ2) is 17.7. The predicted octanol–water partition coefficient (Wildman–Crippen LogP) is 11.5. The van der Waals surface area contributed by atoms with E-state index in [0.29, 0.717) is 28.6 Å². The van der Waals surface area contributed by atoms with Gasteiger partial charge in [0.1, 0.15) is 0 Å². The summed E-state index contributed by atoms with van der Waals surface area (Å²) in [5, 5.41) is 7.19. The molecular formula is C43H69N3O. The normalized spacial score (nSPS) is 27.8. The molecule has 0 saturated heterocycles. The highest BCUT2D eigenvalue weighted by Gasteiger charge is 2.67. The maximum absolute atomic E-state index is 11.2. The van der Waals surface area contributed by atoms with Crippen LogP contribution in [-0.4, -0.2) is 18.1 Å². The van der Waals surface area contributed by atoms with Gasteiger partial charge >= 0.3 is 0 Å². The van der Waals surface area contributed by atoms with Gasteiger partial charge in [-0.1, -0.05) is 113 Å². The lowest BCUT2D eigenvalue weighted by Crippen LogP contribution is -2.46. The van der Waals surface area contributed by atoms with Crippen molar-refractivity contribution in [3.05, 3.63) is 77.4 Å². The number of hydrogen-bond acceptors (Lipinski definition) is 4. The van der Waals surface area contributed by atoms with Crippen LogP contribution in [0, 0.1) is 45.8 Å². The Balaban J connectivity index is 0.000000350. The minimum Gasteiger partial charge on any atom is -0.403 e. The second-order valence-electron chi connectivity index (χ2n) is 16.0. The van der Waals surface area contributed by atoms with Crippen LogP contribution in [0.25, 0.3) is 0 Å². The Morgan fingerprint density at radius 2 is 1.64 bits per heavy atom. The number of nitrogens with two attached hydrogens (primary N) is 1. The van der Waals surface area contributed by atoms with Gasteiger partial charge in [-0.05, 0) is 120 Å². The van der Waals surface area contributed by atoms with Crippen LogP contribution in [0.2, 0.25) is 0 Å². The van der Waals surface area contributed by atoms with Crippen molar-refractivity contribution < 1.29 is 0 Å². The topological polar surface area (TPSA) is 67.5 Å². The van der Waals surface area contributed by atoms with Gasteiger partial charge in [0.2, 0.25) is 0 Å². The summed E-state index contributed by atoms with van der Waals surface area (Å²) in [6, 6.07) is 0. The number of hydrogen-bond donors (Lipinski definition) is 2. The monoisotopic (exact) mass is 644 g/mol. The first kappa shape index (κ1) is 40.5. The number of rotatable bonds is 18. The van der Waals surface area contributed by atoms with E-state index in [2.05, 4.69) is 95.7 Å². The van der Waals surface area contributed by atoms with Crippen molar-refractivity contribution in [3.63, 3.8) is 0 Å². The van der Waals surface area contributed by atoms with E-state index in [-0.39, 0.29) is 5.54 Å². The SMILES string of the molecule is C#CC(=C)CCCCCCCCCCC(=C)N.C=C.CCC1=CC(NC)(C2C(CCC(C)(C)N=O)C2(C)C)CC2C=C(C)C3=CC32C1. The zero-order valence-electron chi connectivity index (χ0n) is 31.4. The molecule has 0 aliphatic heterocycles. The molecule has 0 bridgehead atoms. The molecule has 0 radical (unpaired) electrons. The van der Waals surface area contributed by atoms with Crippen molar-refractivity contribution in [2.75, 3.05) is 7.05 Å². The average molecular weight is 644 g/mol. The van der Waals surface area contributed by atoms with E-state index in [0.717, 1.165) is 43.4 Å². The molecule has 1 saturated carbocycles. The first-order valence-corrected chi connectivity index (χ1v) is 18.5. The molecule has 5 atom stereocenters. The maximum atomic E-state index is 11.2. The summed E-state index contributed by atoms with van der Waals surface area (Å²) in [5.74, 6) is 4.47. The van der Waals surface area contributed by atoms with Crippen LogP contribution < -0.4 is 11.1 Å². The zero-order valence-corrected chi connectivity index (χ0v) is 31.4. The highest BCUT2D eigenvalue weighted by Crippen LogP contribution is 2.71. The quantitative estimate of drug-likeness (QED) is 0.0676. The third kappa shape index (κ3) is 10.4. The molecule has 3 N–H and O–H groups in total. The molecule has 4 aliphatic rings. The van der Waals surface area contributed by atoms with Crippen LogP contribution in [0.4, 0.5) is 0 Å². The van der Waals surface area contributed by atoms with Crippen LogP contribution in [0.5, 0.6) is 0 Å². The molecule has 0 heterocycles. The number of likely N-dealkylation sites (N-methyl/N-ethyl adjacent to an activating group) is 1. The molecule has 0 amide bonds. The van der Waals surface area contributed by atoms with Gasteiger partial charge in [0.15, 0.2) is 0 Å². The Hall–Kier alpha value is -2.64. The van der Waals surface area contributed by atoms with Crippen LogP contribution in [0.1, 0.15) is 138 Å². The minimum absolute atomic E-state index is 0.0507. The Kier molecular flexibility index (Phi) is 15.2. The summed E-state index contributed by atoms with van der Waals surface area (Å²) in [7, 11) is 2.16. The fraction of sp³-hybridized carbons (Fsp3) is 0.674. The third-order valence-electron chi connectivity index (χ3n) is 11.7. The average Bonchev–Trinajstić information content (AvgIpc) is 3.90. The Labute approximate surface area is 290 Å². The van der Waals surface area contributed by atoms with Gasteiger partial charge < -0.3 is 11.1 Å². The van der Waals surface area contributed by atoms with E-state index in [9.17, 15) is 4.91 Å². The van der Waals surface area contributed by atoms with Gasteiger partial charge in [-0.25, -0.2) is 0 Å². The molecule has 0 aromatic carbocycles. The number of unbranched alkanes of at least 4 members (excludes halogenated alkanes) is 7. The van der Waals surface area contributed by atoms with Crippen molar-refractivity contribution in [2.24, 2.45) is 39.5 Å². The maximum Gasteiger partial charge on any atom is 0.0970 e. The van der Waals surface area contributed by atoms with Crippen molar-refractivity contribution in [1.82, 2.24) is 5.32 Å². The largest absolute Gasteiger partial charge is 0.403 e. The summed E-state index contributed by atoms with van der Waals surface area (Å²) < 4.78 is 0. The third-order valence-corrected chi connectivity index (χ3v) is 11.7. The predicted molar refractivity (Wildman–Crippen MR) is 206 cm³/mol. The van der Waals surface area contributed by atoms with E-state index in [1.807, 2.05) is 13.8 Å². The number of nitrogens with one attached hydrogen (secondary N) is 1. The summed E-state index contributed by atoms with van der Waals surface area (Å²) in [6.07, 6.45) is 30.7. The molecule has 4 rings (SSSR count). The van der Waals surface area contributed by atoms with E-state index in [1.165, 1.54) is 69.8 Å². The lowest BCUT2D eigenvalue weighted by atomic mass is 9.76. The molecule has 4 heteroatoms. The van der Waals surface area contributed by atoms with Crippen LogP contribution >= 0.6 is 0 Å². The summed E-state index contributed by atoms with van der Waals surface area (Å²) in [4.78, 5) is 11.2. The Morgan fingerprint density at radius 3 is 2.13 bits per heavy atom. The van der Waals surface area contributed by atoms with Gasteiger partial charge in [0.05, 0.1) is 5.54 Å². The van der Waals surface area contributed by atoms with Crippen LogP contribution in [0.3, 0.4) is 0 Å². The first-order valence-electron chi connectivity index (χ1n) is 18.5. The number of allylic oxidation sites excluding steroid dienone is 7. The molecule has 5 unspecified atom stereocenters. The summed E-state index contributed by atoms with van der Waals surface area (Å²) in [6.45, 7) is 26.9. The highest BCUT2D eigenvalue weighted by atomic mass is 16.3. The Morgan fingerprint density at radius 1 is 1.06 bits per heavy atom. The smallest absolute Gasteiger partial charge is 0.0970 e. The van der Waals surface area contributed by atoms with Crippen molar-refractivity contribution >= 4 is 0 Å². The molecule has 262 valence electrons. The first-order chi connectivity index (χ1) is 22.2. The molecule has 1 spiro atoms. The van der Waals surface area contributed by atoms with Gasteiger partial charge in [-0.15, -0.1) is 19.6 Å². The molecule has 47 heavy (non-hydrogen) atoms. The van der Waals surface area contributed by atoms with Gasteiger partial charge in [0, 0.05) is 16.7 Å². The van der Waals surface area contributed by atoms with E-state index >= 15 is 0 Å². The second-order valence-corrected chi connectivity index (χ2v) is 16.0. The molecule has 4 nitrogen and oxygen atoms in total. The van der Waals surface area contributed by atoms with E-state index < -0.39 is 5.54 Å². The fourth-order valence-electron chi connectivity index (χ4n) is 8.74. The summed E-state index contributed by atoms with van der Waals surface area (Å²) >= 11 is 0. The fourth-order valence-corrected chi connectivity index (χ4v) is 8.74. The number of nitrogens with zero attached hydrogens (tertiary/aromatic N) is 1. The number of nitroso groups, excluding NO2 is 1. The summed E-state index contributed by atoms with van der Waals surface area (Å²) in [5.41, 5.74) is 12.2. The molecule has 0 aromatic rings. The van der Waals surface area contributed by atoms with Gasteiger partial charge in [-0.3, -0.25) is 0 Å². The van der Waals surface area contributed by atoms with Crippen molar-refractivity contribution in [1.29, 1.82) is 0 Å². The lowest BCUT2D eigenvalue weighted by molar-refractivity contribution is 0.254.